The van der Waals surface area contributed by atoms with Gasteiger partial charge in [-0.15, -0.1) is 0 Å². The van der Waals surface area contributed by atoms with Gasteiger partial charge in [-0.25, -0.2) is 4.79 Å². The van der Waals surface area contributed by atoms with Crippen LogP contribution in [0.2, 0.25) is 0 Å². The van der Waals surface area contributed by atoms with Crippen molar-refractivity contribution in [3.8, 4) is 0 Å². The highest BCUT2D eigenvalue weighted by atomic mass is 32.2. The second-order valence-electron chi connectivity index (χ2n) is 9.99. The highest BCUT2D eigenvalue weighted by Crippen LogP contribution is 2.25. The molecule has 2 N–H and O–H groups in total. The molecule has 0 aromatic carbocycles. The van der Waals surface area contributed by atoms with Crippen LogP contribution in [0.25, 0.3) is 0 Å². The lowest BCUT2D eigenvalue weighted by Crippen LogP contribution is -2.37. The molecule has 0 saturated carbocycles. The molecule has 0 heterocycles. The lowest BCUT2D eigenvalue weighted by Gasteiger charge is -2.24. The Morgan fingerprint density at radius 3 is 1.89 bits per heavy atom. The van der Waals surface area contributed by atoms with Crippen LogP contribution in [0, 0.1) is 0 Å². The van der Waals surface area contributed by atoms with Crippen LogP contribution in [0.15, 0.2) is 0 Å². The molecule has 0 bridgehead atoms. The van der Waals surface area contributed by atoms with Crippen molar-refractivity contribution in [3.63, 3.8) is 0 Å². The van der Waals surface area contributed by atoms with Gasteiger partial charge in [-0.3, -0.25) is 4.57 Å². The van der Waals surface area contributed by atoms with E-state index in [9.17, 15) is 14.5 Å². The van der Waals surface area contributed by atoms with Crippen LogP contribution < -0.4 is 0 Å². The van der Waals surface area contributed by atoms with E-state index in [1.165, 1.54) is 108 Å². The maximum Gasteiger partial charge on any atom is 0.350 e. The first-order valence-corrected chi connectivity index (χ1v) is 16.4. The van der Waals surface area contributed by atoms with Gasteiger partial charge in [-0.1, -0.05) is 104 Å². The standard InChI is InChI=1S/C28H55O6PS/c1-4-6-8-10-11-12-13-14-16-18-23-36-26(20-17-15-9-7-5-2)25(3)34-22-19-21-33-24-28(31,35-32)27(29)30/h25-26,31H,4-24H2,1-3H3,(H,29,30). The van der Waals surface area contributed by atoms with Gasteiger partial charge in [0.2, 0.25) is 8.46 Å². The summed E-state index contributed by atoms with van der Waals surface area (Å²) < 4.78 is 22.2. The van der Waals surface area contributed by atoms with Crippen LogP contribution in [0.3, 0.4) is 0 Å². The van der Waals surface area contributed by atoms with Gasteiger partial charge >= 0.3 is 5.97 Å². The summed E-state index contributed by atoms with van der Waals surface area (Å²) in [4.78, 5) is 10.9. The maximum absolute atomic E-state index is 10.9. The summed E-state index contributed by atoms with van der Waals surface area (Å²) >= 11 is 2.06. The lowest BCUT2D eigenvalue weighted by atomic mass is 10.1. The second-order valence-corrected chi connectivity index (χ2v) is 12.3. The van der Waals surface area contributed by atoms with Crippen molar-refractivity contribution in [2.24, 2.45) is 0 Å². The average Bonchev–Trinajstić information content (AvgIpc) is 2.87. The molecule has 214 valence electrons. The molecule has 0 aromatic rings. The Balaban J connectivity index is 4.14. The largest absolute Gasteiger partial charge is 0.478 e. The summed E-state index contributed by atoms with van der Waals surface area (Å²) in [6.45, 7) is 6.94. The summed E-state index contributed by atoms with van der Waals surface area (Å²) in [5.41, 5.74) is 0. The molecule has 0 aliphatic carbocycles. The minimum Gasteiger partial charge on any atom is -0.478 e. The molecule has 0 aromatic heterocycles. The normalized spacial score (nSPS) is 15.1. The van der Waals surface area contributed by atoms with E-state index in [0.29, 0.717) is 18.3 Å². The molecule has 3 atom stereocenters. The van der Waals surface area contributed by atoms with Crippen LogP contribution in [0.5, 0.6) is 0 Å². The van der Waals surface area contributed by atoms with E-state index in [2.05, 4.69) is 32.5 Å². The fraction of sp³-hybridized carbons (Fsp3) is 0.964. The lowest BCUT2D eigenvalue weighted by molar-refractivity contribution is -0.154. The molecule has 0 amide bonds. The van der Waals surface area contributed by atoms with Crippen molar-refractivity contribution in [1.29, 1.82) is 0 Å². The van der Waals surface area contributed by atoms with E-state index in [-0.39, 0.29) is 12.7 Å². The van der Waals surface area contributed by atoms with E-state index >= 15 is 0 Å². The topological polar surface area (TPSA) is 93.1 Å². The van der Waals surface area contributed by atoms with Crippen LogP contribution in [0.1, 0.15) is 130 Å². The first-order valence-electron chi connectivity index (χ1n) is 14.5. The first kappa shape index (κ1) is 35.8. The molecule has 8 heteroatoms. The van der Waals surface area contributed by atoms with E-state index in [1.54, 1.807) is 0 Å². The van der Waals surface area contributed by atoms with Gasteiger partial charge in [-0.2, -0.15) is 11.8 Å². The smallest absolute Gasteiger partial charge is 0.350 e. The number of thioether (sulfide) groups is 1. The molecule has 0 aliphatic rings. The van der Waals surface area contributed by atoms with E-state index < -0.39 is 26.4 Å². The molecule has 36 heavy (non-hydrogen) atoms. The summed E-state index contributed by atoms with van der Waals surface area (Å²) in [5.74, 6) is -0.361. The predicted octanol–water partition coefficient (Wildman–Crippen LogP) is 8.25. The predicted molar refractivity (Wildman–Crippen MR) is 153 cm³/mol. The van der Waals surface area contributed by atoms with Gasteiger partial charge < -0.3 is 19.7 Å². The fourth-order valence-electron chi connectivity index (χ4n) is 4.11. The van der Waals surface area contributed by atoms with Crippen LogP contribution in [0.4, 0.5) is 0 Å². The molecular formula is C28H55O6PS. The Hall–Kier alpha value is -0.200. The van der Waals surface area contributed by atoms with Gasteiger partial charge in [0.05, 0.1) is 12.7 Å². The second kappa shape index (κ2) is 25.1. The van der Waals surface area contributed by atoms with Gasteiger partial charge in [-0.05, 0) is 31.9 Å². The SMILES string of the molecule is CCCCCCCCCCCCSC(CCCCCCC)C(C)OCCCOCC(O)(P=O)C(=O)O. The summed E-state index contributed by atoms with van der Waals surface area (Å²) in [6.07, 6.45) is 21.9. The van der Waals surface area contributed by atoms with Crippen LogP contribution >= 0.6 is 20.2 Å². The van der Waals surface area contributed by atoms with Crippen molar-refractivity contribution >= 4 is 26.2 Å². The number of aliphatic hydroxyl groups is 1. The minimum atomic E-state index is -2.37. The zero-order valence-corrected chi connectivity index (χ0v) is 25.1. The zero-order chi connectivity index (χ0) is 26.9. The maximum atomic E-state index is 10.9. The molecule has 0 saturated heterocycles. The van der Waals surface area contributed by atoms with Crippen molar-refractivity contribution in [1.82, 2.24) is 0 Å². The molecule has 3 unspecified atom stereocenters. The quantitative estimate of drug-likeness (QED) is 0.0748. The van der Waals surface area contributed by atoms with Gasteiger partial charge in [0.1, 0.15) is 0 Å². The number of carbonyl (C=O) groups is 1. The fourth-order valence-corrected chi connectivity index (χ4v) is 5.68. The Morgan fingerprint density at radius 2 is 1.36 bits per heavy atom. The van der Waals surface area contributed by atoms with E-state index in [1.807, 2.05) is 0 Å². The number of ether oxygens (including phenoxy) is 2. The van der Waals surface area contributed by atoms with Crippen LogP contribution in [-0.4, -0.2) is 58.5 Å². The van der Waals surface area contributed by atoms with E-state index in [4.69, 9.17) is 14.6 Å². The van der Waals surface area contributed by atoms with Crippen molar-refractivity contribution < 1.29 is 29.0 Å². The number of unbranched alkanes of at least 4 members (excludes halogenated alkanes) is 13. The third-order valence-corrected chi connectivity index (χ3v) is 8.75. The molecule has 0 rings (SSSR count). The molecule has 0 aliphatic heterocycles. The summed E-state index contributed by atoms with van der Waals surface area (Å²) in [5, 5.41) is 16.7. The molecule has 0 radical (unpaired) electrons. The average molecular weight is 551 g/mol. The third-order valence-electron chi connectivity index (χ3n) is 6.56. The first-order chi connectivity index (χ1) is 17.4. The van der Waals surface area contributed by atoms with Gasteiger partial charge in [0.25, 0.3) is 5.34 Å². The van der Waals surface area contributed by atoms with Gasteiger partial charge in [0, 0.05) is 18.5 Å². The van der Waals surface area contributed by atoms with Crippen molar-refractivity contribution in [2.45, 2.75) is 147 Å². The Morgan fingerprint density at radius 1 is 0.833 bits per heavy atom. The minimum absolute atomic E-state index is 0.153. The summed E-state index contributed by atoms with van der Waals surface area (Å²) in [7, 11) is -0.869. The molecule has 0 fully saturated rings. The van der Waals surface area contributed by atoms with Crippen LogP contribution in [-0.2, 0) is 18.8 Å². The third kappa shape index (κ3) is 19.9. The highest BCUT2D eigenvalue weighted by Gasteiger charge is 2.37. The van der Waals surface area contributed by atoms with E-state index in [0.717, 1.165) is 0 Å². The molecule has 0 spiro atoms. The number of aliphatic carboxylic acids is 1. The Bertz CT molecular complexity index is 524. The number of rotatable bonds is 28. The highest BCUT2D eigenvalue weighted by molar-refractivity contribution is 7.99. The summed E-state index contributed by atoms with van der Waals surface area (Å²) in [6, 6.07) is 0. The Labute approximate surface area is 227 Å². The number of hydrogen-bond donors (Lipinski definition) is 2. The molecule has 6 nitrogen and oxygen atoms in total. The van der Waals surface area contributed by atoms with Crippen molar-refractivity contribution in [3.05, 3.63) is 0 Å². The number of carboxylic acid groups (broad SMARTS) is 1. The van der Waals surface area contributed by atoms with Crippen molar-refractivity contribution in [2.75, 3.05) is 25.6 Å². The number of hydrogen-bond acceptors (Lipinski definition) is 6. The Kier molecular flexibility index (Phi) is 25.0. The zero-order valence-electron chi connectivity index (χ0n) is 23.4. The molecular weight excluding hydrogens is 495 g/mol. The van der Waals surface area contributed by atoms with Gasteiger partial charge in [0.15, 0.2) is 0 Å². The number of carboxylic acids is 1. The monoisotopic (exact) mass is 550 g/mol.